The van der Waals surface area contributed by atoms with Gasteiger partial charge in [-0.25, -0.2) is 4.79 Å². The zero-order valence-electron chi connectivity index (χ0n) is 16.2. The summed E-state index contributed by atoms with van der Waals surface area (Å²) in [6.45, 7) is 0. The van der Waals surface area contributed by atoms with Gasteiger partial charge in [-0.05, 0) is 69.8 Å². The molecule has 1 aliphatic carbocycles. The van der Waals surface area contributed by atoms with E-state index in [0.29, 0.717) is 11.4 Å². The van der Waals surface area contributed by atoms with E-state index in [4.69, 9.17) is 11.5 Å². The van der Waals surface area contributed by atoms with E-state index in [1.54, 1.807) is 12.1 Å². The largest absolute Gasteiger partial charge is 0.478 e. The van der Waals surface area contributed by atoms with Crippen LogP contribution in [0, 0.1) is 0 Å². The molecule has 0 unspecified atom stereocenters. The maximum absolute atomic E-state index is 11.8. The molecule has 0 saturated heterocycles. The lowest BCUT2D eigenvalue weighted by Gasteiger charge is -2.34. The molecule has 4 nitrogen and oxygen atoms in total. The summed E-state index contributed by atoms with van der Waals surface area (Å²) in [7, 11) is 0. The highest BCUT2D eigenvalue weighted by Crippen LogP contribution is 2.56. The van der Waals surface area contributed by atoms with Gasteiger partial charge < -0.3 is 16.6 Å². The van der Waals surface area contributed by atoms with Crippen LogP contribution in [-0.4, -0.2) is 11.1 Å². The Hall–Kier alpha value is -4.05. The molecular formula is C26H20N2O2. The van der Waals surface area contributed by atoms with Crippen molar-refractivity contribution in [3.63, 3.8) is 0 Å². The van der Waals surface area contributed by atoms with E-state index in [2.05, 4.69) is 12.1 Å². The lowest BCUT2D eigenvalue weighted by atomic mass is 9.67. The van der Waals surface area contributed by atoms with Crippen molar-refractivity contribution in [1.29, 1.82) is 0 Å². The van der Waals surface area contributed by atoms with Gasteiger partial charge in [-0.15, -0.1) is 0 Å². The Morgan fingerprint density at radius 1 is 0.667 bits per heavy atom. The molecule has 0 amide bonds. The topological polar surface area (TPSA) is 89.3 Å². The molecule has 0 aromatic heterocycles. The average molecular weight is 392 g/mol. The summed E-state index contributed by atoms with van der Waals surface area (Å²) in [5, 5.41) is 9.68. The third-order valence-electron chi connectivity index (χ3n) is 5.98. The van der Waals surface area contributed by atoms with Gasteiger partial charge >= 0.3 is 5.97 Å². The van der Waals surface area contributed by atoms with Gasteiger partial charge in [0.15, 0.2) is 0 Å². The van der Waals surface area contributed by atoms with E-state index >= 15 is 0 Å². The van der Waals surface area contributed by atoms with E-state index in [-0.39, 0.29) is 5.56 Å². The summed E-state index contributed by atoms with van der Waals surface area (Å²) in [6.07, 6.45) is 0. The Balaban J connectivity index is 1.95. The van der Waals surface area contributed by atoms with Gasteiger partial charge in [0, 0.05) is 11.4 Å². The third kappa shape index (κ3) is 2.44. The van der Waals surface area contributed by atoms with Gasteiger partial charge in [-0.1, -0.05) is 54.6 Å². The Morgan fingerprint density at radius 3 is 1.77 bits per heavy atom. The van der Waals surface area contributed by atoms with Crippen LogP contribution in [0.1, 0.15) is 32.6 Å². The number of aromatic carboxylic acids is 1. The first-order valence-corrected chi connectivity index (χ1v) is 9.71. The number of nitrogen functional groups attached to an aromatic ring is 2. The van der Waals surface area contributed by atoms with Crippen molar-refractivity contribution < 1.29 is 9.90 Å². The summed E-state index contributed by atoms with van der Waals surface area (Å²) in [5.74, 6) is -0.947. The molecule has 4 heteroatoms. The number of rotatable bonds is 3. The lowest BCUT2D eigenvalue weighted by Crippen LogP contribution is -2.29. The van der Waals surface area contributed by atoms with E-state index in [1.807, 2.05) is 66.7 Å². The van der Waals surface area contributed by atoms with Crippen molar-refractivity contribution in [3.05, 3.63) is 119 Å². The monoisotopic (exact) mass is 392 g/mol. The molecule has 0 bridgehead atoms. The Bertz CT molecular complexity index is 1230. The average Bonchev–Trinajstić information content (AvgIpc) is 3.05. The molecular weight excluding hydrogens is 372 g/mol. The quantitative estimate of drug-likeness (QED) is 0.381. The van der Waals surface area contributed by atoms with E-state index in [9.17, 15) is 9.90 Å². The second kappa shape index (κ2) is 6.49. The number of carboxylic acid groups (broad SMARTS) is 1. The molecule has 146 valence electrons. The molecule has 0 fully saturated rings. The predicted molar refractivity (Wildman–Crippen MR) is 120 cm³/mol. The Morgan fingerprint density at radius 2 is 1.20 bits per heavy atom. The smallest absolute Gasteiger partial charge is 0.335 e. The molecule has 0 spiro atoms. The summed E-state index contributed by atoms with van der Waals surface area (Å²) >= 11 is 0. The van der Waals surface area contributed by atoms with Crippen molar-refractivity contribution in [3.8, 4) is 11.1 Å². The van der Waals surface area contributed by atoms with Crippen LogP contribution in [-0.2, 0) is 5.41 Å². The van der Waals surface area contributed by atoms with Gasteiger partial charge in [-0.2, -0.15) is 0 Å². The lowest BCUT2D eigenvalue weighted by molar-refractivity contribution is 0.0696. The van der Waals surface area contributed by atoms with Gasteiger partial charge in [0.2, 0.25) is 0 Å². The van der Waals surface area contributed by atoms with Crippen molar-refractivity contribution in [2.24, 2.45) is 0 Å². The van der Waals surface area contributed by atoms with Crippen LogP contribution in [0.5, 0.6) is 0 Å². The molecule has 4 aromatic carbocycles. The normalized spacial score (nSPS) is 13.5. The fraction of sp³-hybridized carbons (Fsp3) is 0.0385. The highest BCUT2D eigenvalue weighted by Gasteiger charge is 2.46. The Labute approximate surface area is 174 Å². The molecule has 0 aliphatic heterocycles. The molecule has 1 aliphatic rings. The molecule has 0 atom stereocenters. The van der Waals surface area contributed by atoms with Crippen LogP contribution < -0.4 is 11.5 Å². The molecule has 0 saturated carbocycles. The zero-order valence-corrected chi connectivity index (χ0v) is 16.2. The molecule has 30 heavy (non-hydrogen) atoms. The van der Waals surface area contributed by atoms with Gasteiger partial charge in [0.1, 0.15) is 0 Å². The first-order valence-electron chi connectivity index (χ1n) is 9.71. The summed E-state index contributed by atoms with van der Waals surface area (Å²) in [4.78, 5) is 11.8. The number of benzene rings is 4. The maximum atomic E-state index is 11.8. The third-order valence-corrected chi connectivity index (χ3v) is 5.98. The number of hydrogen-bond donors (Lipinski definition) is 3. The highest BCUT2D eigenvalue weighted by molar-refractivity contribution is 5.93. The minimum absolute atomic E-state index is 0.261. The predicted octanol–water partition coefficient (Wildman–Crippen LogP) is 4.91. The fourth-order valence-corrected chi connectivity index (χ4v) is 4.67. The number of carbonyl (C=O) groups is 1. The van der Waals surface area contributed by atoms with Crippen LogP contribution in [0.3, 0.4) is 0 Å². The van der Waals surface area contributed by atoms with Crippen LogP contribution in [0.15, 0.2) is 91.0 Å². The Kier molecular flexibility index (Phi) is 3.90. The number of hydrogen-bond acceptors (Lipinski definition) is 3. The summed E-state index contributed by atoms with van der Waals surface area (Å²) in [5.41, 5.74) is 19.1. The number of fused-ring (bicyclic) bond motifs is 3. The van der Waals surface area contributed by atoms with Gasteiger partial charge in [-0.3, -0.25) is 0 Å². The van der Waals surface area contributed by atoms with E-state index in [1.165, 1.54) is 0 Å². The SMILES string of the molecule is Nc1ccc(C2(c3ccc(N)cc3)c3ccccc3-c3ccc(C(=O)O)cc32)cc1. The standard InChI is InChI=1S/C26H20N2O2/c27-19-10-6-17(7-11-19)26(18-8-12-20(28)13-9-18)23-4-2-1-3-21(23)22-14-5-16(25(29)30)15-24(22)26/h1-15H,27-28H2,(H,29,30). The van der Waals surface area contributed by atoms with Crippen LogP contribution in [0.25, 0.3) is 11.1 Å². The first kappa shape index (κ1) is 18.0. The molecule has 0 radical (unpaired) electrons. The molecule has 5 N–H and O–H groups in total. The molecule has 4 aromatic rings. The van der Waals surface area contributed by atoms with Crippen LogP contribution in [0.4, 0.5) is 11.4 Å². The molecule has 5 rings (SSSR count). The van der Waals surface area contributed by atoms with Crippen LogP contribution >= 0.6 is 0 Å². The highest BCUT2D eigenvalue weighted by atomic mass is 16.4. The van der Waals surface area contributed by atoms with Gasteiger partial charge in [0.25, 0.3) is 0 Å². The van der Waals surface area contributed by atoms with Crippen molar-refractivity contribution >= 4 is 17.3 Å². The second-order valence-corrected chi connectivity index (χ2v) is 7.61. The maximum Gasteiger partial charge on any atom is 0.335 e. The summed E-state index contributed by atoms with van der Waals surface area (Å²) < 4.78 is 0. The number of nitrogens with two attached hydrogens (primary N) is 2. The minimum atomic E-state index is -0.947. The second-order valence-electron chi connectivity index (χ2n) is 7.61. The molecule has 0 heterocycles. The first-order chi connectivity index (χ1) is 14.5. The van der Waals surface area contributed by atoms with Crippen molar-refractivity contribution in [2.45, 2.75) is 5.41 Å². The zero-order chi connectivity index (χ0) is 20.9. The van der Waals surface area contributed by atoms with Crippen molar-refractivity contribution in [1.82, 2.24) is 0 Å². The summed E-state index contributed by atoms with van der Waals surface area (Å²) in [6, 6.07) is 29.2. The van der Waals surface area contributed by atoms with E-state index < -0.39 is 11.4 Å². The van der Waals surface area contributed by atoms with Crippen molar-refractivity contribution in [2.75, 3.05) is 11.5 Å². The minimum Gasteiger partial charge on any atom is -0.478 e. The number of anilines is 2. The fourth-order valence-electron chi connectivity index (χ4n) is 4.67. The van der Waals surface area contributed by atoms with Gasteiger partial charge in [0.05, 0.1) is 11.0 Å². The van der Waals surface area contributed by atoms with E-state index in [0.717, 1.165) is 33.4 Å². The van der Waals surface area contributed by atoms with Crippen LogP contribution in [0.2, 0.25) is 0 Å². The number of carboxylic acids is 1.